The minimum atomic E-state index is -0.190. The van der Waals surface area contributed by atoms with Gasteiger partial charge in [-0.1, -0.05) is 107 Å². The Labute approximate surface area is 248 Å². The van der Waals surface area contributed by atoms with Gasteiger partial charge in [0.1, 0.15) is 6.10 Å². The fourth-order valence-corrected chi connectivity index (χ4v) is 7.19. The van der Waals surface area contributed by atoms with Crippen molar-refractivity contribution in [1.82, 2.24) is 0 Å². The van der Waals surface area contributed by atoms with E-state index in [0.29, 0.717) is 17.4 Å². The van der Waals surface area contributed by atoms with E-state index in [1.54, 1.807) is 0 Å². The topological polar surface area (TPSA) is 26.3 Å². The quantitative estimate of drug-likeness (QED) is 0.175. The van der Waals surface area contributed by atoms with E-state index in [1.165, 1.54) is 80.0 Å². The molecule has 0 N–H and O–H groups in total. The zero-order valence-electron chi connectivity index (χ0n) is 25.5. The summed E-state index contributed by atoms with van der Waals surface area (Å²) in [5, 5.41) is 0. The van der Waals surface area contributed by atoms with Crippen LogP contribution in [0.2, 0.25) is 0 Å². The molecular weight excluding hydrogens is 500 g/mol. The molecule has 3 aromatic carbocycles. The Balaban J connectivity index is 1.08. The SMILES string of the molecule is CCCCCC1CCC(c2ccc(-c3ccc(C(=O)OC4CCC(c5ccc(CCC)cc5)CC4)cc3)cc2)CC1. The number of unbranched alkanes of at least 4 members (excludes halogenated alkanes) is 2. The van der Waals surface area contributed by atoms with Gasteiger partial charge >= 0.3 is 5.97 Å². The first-order valence-electron chi connectivity index (χ1n) is 16.6. The minimum Gasteiger partial charge on any atom is -0.459 e. The molecule has 3 aromatic rings. The van der Waals surface area contributed by atoms with Crippen molar-refractivity contribution in [3.05, 3.63) is 95.1 Å². The van der Waals surface area contributed by atoms with Crippen LogP contribution in [0.3, 0.4) is 0 Å². The smallest absolute Gasteiger partial charge is 0.338 e. The Kier molecular flexibility index (Phi) is 10.7. The van der Waals surface area contributed by atoms with Gasteiger partial charge in [0.2, 0.25) is 0 Å². The van der Waals surface area contributed by atoms with Crippen LogP contribution in [-0.4, -0.2) is 12.1 Å². The van der Waals surface area contributed by atoms with E-state index in [-0.39, 0.29) is 12.1 Å². The van der Waals surface area contributed by atoms with Crippen molar-refractivity contribution in [1.29, 1.82) is 0 Å². The predicted molar refractivity (Wildman–Crippen MR) is 172 cm³/mol. The van der Waals surface area contributed by atoms with Gasteiger partial charge in [0, 0.05) is 0 Å². The van der Waals surface area contributed by atoms with Crippen LogP contribution in [0.25, 0.3) is 11.1 Å². The first-order chi connectivity index (χ1) is 20.1. The molecule has 0 heterocycles. The van der Waals surface area contributed by atoms with E-state index in [9.17, 15) is 4.79 Å². The second kappa shape index (κ2) is 14.9. The van der Waals surface area contributed by atoms with Crippen LogP contribution < -0.4 is 0 Å². The molecule has 0 unspecified atom stereocenters. The van der Waals surface area contributed by atoms with Crippen LogP contribution in [0.1, 0.15) is 136 Å². The van der Waals surface area contributed by atoms with Crippen LogP contribution in [0.4, 0.5) is 0 Å². The maximum atomic E-state index is 12.9. The molecular formula is C39H50O2. The zero-order chi connectivity index (χ0) is 28.4. The molecule has 0 aliphatic heterocycles. The molecule has 0 amide bonds. The lowest BCUT2D eigenvalue weighted by atomic mass is 9.77. The van der Waals surface area contributed by atoms with Crippen molar-refractivity contribution in [2.45, 2.75) is 122 Å². The van der Waals surface area contributed by atoms with Gasteiger partial charge in [-0.25, -0.2) is 4.79 Å². The fraction of sp³-hybridized carbons (Fsp3) is 0.513. The number of benzene rings is 3. The highest BCUT2D eigenvalue weighted by Crippen LogP contribution is 2.38. The lowest BCUT2D eigenvalue weighted by Crippen LogP contribution is -2.24. The number of hydrogen-bond acceptors (Lipinski definition) is 2. The summed E-state index contributed by atoms with van der Waals surface area (Å²) in [5.74, 6) is 2.05. The second-order valence-corrected chi connectivity index (χ2v) is 12.8. The molecule has 0 radical (unpaired) electrons. The van der Waals surface area contributed by atoms with E-state index in [0.717, 1.165) is 43.6 Å². The minimum absolute atomic E-state index is 0.0248. The van der Waals surface area contributed by atoms with Gasteiger partial charge in [0.25, 0.3) is 0 Å². The molecule has 5 rings (SSSR count). The molecule has 2 aliphatic rings. The van der Waals surface area contributed by atoms with Gasteiger partial charge in [-0.3, -0.25) is 0 Å². The van der Waals surface area contributed by atoms with Gasteiger partial charge < -0.3 is 4.74 Å². The molecule has 0 bridgehead atoms. The Morgan fingerprint density at radius 3 is 1.73 bits per heavy atom. The van der Waals surface area contributed by atoms with E-state index in [1.807, 2.05) is 12.1 Å². The summed E-state index contributed by atoms with van der Waals surface area (Å²) in [5.41, 5.74) is 7.36. The summed E-state index contributed by atoms with van der Waals surface area (Å²) in [4.78, 5) is 12.9. The maximum absolute atomic E-state index is 12.9. The highest BCUT2D eigenvalue weighted by molar-refractivity contribution is 5.90. The van der Waals surface area contributed by atoms with Gasteiger partial charge in [-0.2, -0.15) is 0 Å². The third-order valence-corrected chi connectivity index (χ3v) is 9.84. The van der Waals surface area contributed by atoms with Crippen LogP contribution in [0.5, 0.6) is 0 Å². The average Bonchev–Trinajstić information content (AvgIpc) is 3.03. The van der Waals surface area contributed by atoms with E-state index in [4.69, 9.17) is 4.74 Å². The summed E-state index contributed by atoms with van der Waals surface area (Å²) < 4.78 is 5.94. The summed E-state index contributed by atoms with van der Waals surface area (Å²) in [6.45, 7) is 4.52. The molecule has 0 saturated heterocycles. The molecule has 2 saturated carbocycles. The number of aryl methyl sites for hydroxylation is 1. The first-order valence-corrected chi connectivity index (χ1v) is 16.6. The van der Waals surface area contributed by atoms with Crippen molar-refractivity contribution in [2.75, 3.05) is 0 Å². The molecule has 2 fully saturated rings. The normalized spacial score (nSPS) is 22.8. The van der Waals surface area contributed by atoms with E-state index < -0.39 is 0 Å². The van der Waals surface area contributed by atoms with Crippen LogP contribution in [0, 0.1) is 5.92 Å². The monoisotopic (exact) mass is 550 g/mol. The highest BCUT2D eigenvalue weighted by atomic mass is 16.5. The number of carbonyl (C=O) groups is 1. The van der Waals surface area contributed by atoms with Gasteiger partial charge in [0.15, 0.2) is 0 Å². The van der Waals surface area contributed by atoms with Crippen molar-refractivity contribution < 1.29 is 9.53 Å². The first kappa shape index (κ1) is 29.6. The summed E-state index contributed by atoms with van der Waals surface area (Å²) in [7, 11) is 0. The van der Waals surface area contributed by atoms with Gasteiger partial charge in [-0.15, -0.1) is 0 Å². The third kappa shape index (κ3) is 8.12. The van der Waals surface area contributed by atoms with E-state index in [2.05, 4.69) is 74.5 Å². The Hall–Kier alpha value is -2.87. The van der Waals surface area contributed by atoms with Crippen molar-refractivity contribution in [3.8, 4) is 11.1 Å². The molecule has 0 spiro atoms. The molecule has 218 valence electrons. The third-order valence-electron chi connectivity index (χ3n) is 9.84. The molecule has 2 aliphatic carbocycles. The second-order valence-electron chi connectivity index (χ2n) is 12.8. The van der Waals surface area contributed by atoms with Gasteiger partial charge in [-0.05, 0) is 115 Å². The molecule has 41 heavy (non-hydrogen) atoms. The largest absolute Gasteiger partial charge is 0.459 e. The number of esters is 1. The number of rotatable bonds is 11. The lowest BCUT2D eigenvalue weighted by molar-refractivity contribution is 0.0195. The Morgan fingerprint density at radius 1 is 0.634 bits per heavy atom. The molecule has 0 aromatic heterocycles. The summed E-state index contributed by atoms with van der Waals surface area (Å²) in [6, 6.07) is 26.3. The van der Waals surface area contributed by atoms with Crippen LogP contribution in [-0.2, 0) is 11.2 Å². The zero-order valence-corrected chi connectivity index (χ0v) is 25.5. The number of hydrogen-bond donors (Lipinski definition) is 0. The van der Waals surface area contributed by atoms with Crippen molar-refractivity contribution in [3.63, 3.8) is 0 Å². The molecule has 2 nitrogen and oxygen atoms in total. The molecule has 2 heteroatoms. The van der Waals surface area contributed by atoms with Gasteiger partial charge in [0.05, 0.1) is 5.56 Å². The number of carbonyl (C=O) groups excluding carboxylic acids is 1. The summed E-state index contributed by atoms with van der Waals surface area (Å²) >= 11 is 0. The standard InChI is InChI=1S/C39H50O2/c1-3-5-6-8-30-11-15-31(16-12-30)33-17-19-34(20-18-33)35-21-23-37(24-22-35)39(40)41-38-27-25-36(26-28-38)32-13-9-29(7-4-2)10-14-32/h9-10,13-14,17-24,30-31,36,38H,3-8,11-12,15-16,25-28H2,1-2H3. The van der Waals surface area contributed by atoms with Crippen LogP contribution >= 0.6 is 0 Å². The molecule has 0 atom stereocenters. The number of ether oxygens (including phenoxy) is 1. The van der Waals surface area contributed by atoms with Crippen LogP contribution in [0.15, 0.2) is 72.8 Å². The Morgan fingerprint density at radius 2 is 1.17 bits per heavy atom. The van der Waals surface area contributed by atoms with Crippen molar-refractivity contribution in [2.24, 2.45) is 5.92 Å². The Bertz CT molecular complexity index is 1190. The maximum Gasteiger partial charge on any atom is 0.338 e. The lowest BCUT2D eigenvalue weighted by Gasteiger charge is -2.29. The van der Waals surface area contributed by atoms with Crippen molar-refractivity contribution >= 4 is 5.97 Å². The fourth-order valence-electron chi connectivity index (χ4n) is 7.19. The van der Waals surface area contributed by atoms with E-state index >= 15 is 0 Å². The highest BCUT2D eigenvalue weighted by Gasteiger charge is 2.26. The summed E-state index contributed by atoms with van der Waals surface area (Å²) in [6.07, 6.45) is 17.4. The average molecular weight is 551 g/mol. The predicted octanol–water partition coefficient (Wildman–Crippen LogP) is 11.0.